The van der Waals surface area contributed by atoms with Gasteiger partial charge in [0.15, 0.2) is 0 Å². The molecule has 1 aromatic rings. The monoisotopic (exact) mass is 260 g/mol. The SMILES string of the molecule is CC(C)(C)OC(=O)NNc1ccc(Cl)c(F)c1. The molecule has 6 heteroatoms. The summed E-state index contributed by atoms with van der Waals surface area (Å²) in [6, 6.07) is 4.08. The van der Waals surface area contributed by atoms with Crippen LogP contribution in [-0.2, 0) is 4.74 Å². The van der Waals surface area contributed by atoms with E-state index in [1.54, 1.807) is 20.8 Å². The summed E-state index contributed by atoms with van der Waals surface area (Å²) in [6.45, 7) is 5.23. The molecule has 0 fully saturated rings. The van der Waals surface area contributed by atoms with Gasteiger partial charge in [0.2, 0.25) is 0 Å². The highest BCUT2D eigenvalue weighted by molar-refractivity contribution is 6.30. The molecule has 0 aromatic heterocycles. The second kappa shape index (κ2) is 5.23. The normalized spacial score (nSPS) is 10.9. The number of rotatable bonds is 2. The van der Waals surface area contributed by atoms with Crippen LogP contribution in [0, 0.1) is 5.82 Å². The first kappa shape index (κ1) is 13.6. The fraction of sp³-hybridized carbons (Fsp3) is 0.364. The van der Waals surface area contributed by atoms with Crippen molar-refractivity contribution in [1.29, 1.82) is 0 Å². The second-order valence-corrected chi connectivity index (χ2v) is 4.79. The maximum Gasteiger partial charge on any atom is 0.426 e. The molecule has 4 nitrogen and oxygen atoms in total. The topological polar surface area (TPSA) is 50.4 Å². The smallest absolute Gasteiger partial charge is 0.426 e. The lowest BCUT2D eigenvalue weighted by Gasteiger charge is -2.20. The largest absolute Gasteiger partial charge is 0.443 e. The molecule has 1 aromatic carbocycles. The Morgan fingerprint density at radius 3 is 2.59 bits per heavy atom. The molecule has 1 rings (SSSR count). The Labute approximate surface area is 104 Å². The summed E-state index contributed by atoms with van der Waals surface area (Å²) in [6.07, 6.45) is -0.646. The van der Waals surface area contributed by atoms with Gasteiger partial charge in [-0.25, -0.2) is 14.6 Å². The van der Waals surface area contributed by atoms with E-state index in [4.69, 9.17) is 16.3 Å². The van der Waals surface area contributed by atoms with Gasteiger partial charge in [0.1, 0.15) is 11.4 Å². The van der Waals surface area contributed by atoms with Gasteiger partial charge < -0.3 is 4.74 Å². The van der Waals surface area contributed by atoms with Crippen molar-refractivity contribution in [2.75, 3.05) is 5.43 Å². The number of hydrazine groups is 1. The first-order chi connectivity index (χ1) is 7.78. The van der Waals surface area contributed by atoms with Crippen molar-refractivity contribution in [3.05, 3.63) is 29.0 Å². The summed E-state index contributed by atoms with van der Waals surface area (Å²) in [5.41, 5.74) is 4.58. The fourth-order valence-corrected chi connectivity index (χ4v) is 1.12. The summed E-state index contributed by atoms with van der Waals surface area (Å²) in [7, 11) is 0. The Morgan fingerprint density at radius 2 is 2.06 bits per heavy atom. The van der Waals surface area contributed by atoms with E-state index in [1.165, 1.54) is 18.2 Å². The molecule has 0 heterocycles. The molecule has 0 atom stereocenters. The Balaban J connectivity index is 2.50. The maximum atomic E-state index is 13.1. The molecule has 0 saturated carbocycles. The summed E-state index contributed by atoms with van der Waals surface area (Å²) in [4.78, 5) is 11.3. The van der Waals surface area contributed by atoms with Gasteiger partial charge in [0, 0.05) is 6.07 Å². The predicted octanol–water partition coefficient (Wildman–Crippen LogP) is 3.33. The molecule has 0 unspecified atom stereocenters. The van der Waals surface area contributed by atoms with Crippen molar-refractivity contribution >= 4 is 23.4 Å². The third kappa shape index (κ3) is 4.91. The summed E-state index contributed by atoms with van der Waals surface area (Å²) < 4.78 is 18.0. The van der Waals surface area contributed by atoms with E-state index >= 15 is 0 Å². The second-order valence-electron chi connectivity index (χ2n) is 4.38. The number of hydrogen-bond donors (Lipinski definition) is 2. The Morgan fingerprint density at radius 1 is 1.41 bits per heavy atom. The molecule has 0 aliphatic carbocycles. The van der Waals surface area contributed by atoms with Gasteiger partial charge in [-0.1, -0.05) is 11.6 Å². The van der Waals surface area contributed by atoms with Crippen LogP contribution in [0.4, 0.5) is 14.9 Å². The molecule has 0 aliphatic rings. The average molecular weight is 261 g/mol. The zero-order valence-electron chi connectivity index (χ0n) is 9.80. The van der Waals surface area contributed by atoms with E-state index in [0.29, 0.717) is 5.69 Å². The predicted molar refractivity (Wildman–Crippen MR) is 64.4 cm³/mol. The van der Waals surface area contributed by atoms with Gasteiger partial charge in [-0.15, -0.1) is 0 Å². The number of carbonyl (C=O) groups excluding carboxylic acids is 1. The minimum atomic E-state index is -0.646. The lowest BCUT2D eigenvalue weighted by molar-refractivity contribution is 0.0541. The van der Waals surface area contributed by atoms with Crippen LogP contribution in [0.15, 0.2) is 18.2 Å². The number of benzene rings is 1. The van der Waals surface area contributed by atoms with Gasteiger partial charge in [-0.2, -0.15) is 0 Å². The van der Waals surface area contributed by atoms with E-state index in [1.807, 2.05) is 0 Å². The van der Waals surface area contributed by atoms with E-state index in [2.05, 4.69) is 10.9 Å². The number of amides is 1. The van der Waals surface area contributed by atoms with Crippen molar-refractivity contribution in [1.82, 2.24) is 5.43 Å². The molecule has 0 spiro atoms. The van der Waals surface area contributed by atoms with Crippen LogP contribution in [-0.4, -0.2) is 11.7 Å². The third-order valence-corrected chi connectivity index (χ3v) is 1.93. The molecule has 2 N–H and O–H groups in total. The van der Waals surface area contributed by atoms with Crippen LogP contribution in [0.3, 0.4) is 0 Å². The number of anilines is 1. The van der Waals surface area contributed by atoms with Crippen LogP contribution in [0.2, 0.25) is 5.02 Å². The Bertz CT molecular complexity index is 418. The highest BCUT2D eigenvalue weighted by Crippen LogP contribution is 2.18. The summed E-state index contributed by atoms with van der Waals surface area (Å²) in [5.74, 6) is -0.567. The van der Waals surface area contributed by atoms with E-state index in [9.17, 15) is 9.18 Å². The van der Waals surface area contributed by atoms with Crippen molar-refractivity contribution < 1.29 is 13.9 Å². The van der Waals surface area contributed by atoms with Gasteiger partial charge in [-0.3, -0.25) is 5.43 Å². The third-order valence-electron chi connectivity index (χ3n) is 1.63. The first-order valence-corrected chi connectivity index (χ1v) is 5.36. The summed E-state index contributed by atoms with van der Waals surface area (Å²) in [5, 5.41) is 0.0211. The highest BCUT2D eigenvalue weighted by atomic mass is 35.5. The summed E-state index contributed by atoms with van der Waals surface area (Å²) >= 11 is 5.52. The van der Waals surface area contributed by atoms with Crippen molar-refractivity contribution in [3.63, 3.8) is 0 Å². The van der Waals surface area contributed by atoms with Gasteiger partial charge in [0.25, 0.3) is 0 Å². The number of nitrogens with one attached hydrogen (secondary N) is 2. The maximum absolute atomic E-state index is 13.1. The van der Waals surface area contributed by atoms with Crippen molar-refractivity contribution in [2.45, 2.75) is 26.4 Å². The molecule has 0 saturated heterocycles. The Hall–Kier alpha value is -1.49. The van der Waals surface area contributed by atoms with Crippen LogP contribution in [0.25, 0.3) is 0 Å². The number of carbonyl (C=O) groups is 1. The van der Waals surface area contributed by atoms with Gasteiger partial charge in [-0.05, 0) is 32.9 Å². The fourth-order valence-electron chi connectivity index (χ4n) is 1.00. The molecular weight excluding hydrogens is 247 g/mol. The Kier molecular flexibility index (Phi) is 4.17. The lowest BCUT2D eigenvalue weighted by Crippen LogP contribution is -2.35. The van der Waals surface area contributed by atoms with Crippen molar-refractivity contribution in [2.24, 2.45) is 0 Å². The number of hydrogen-bond acceptors (Lipinski definition) is 3. The van der Waals surface area contributed by atoms with E-state index in [-0.39, 0.29) is 5.02 Å². The quantitative estimate of drug-likeness (QED) is 0.802. The van der Waals surface area contributed by atoms with Crippen LogP contribution < -0.4 is 10.9 Å². The van der Waals surface area contributed by atoms with Crippen molar-refractivity contribution in [3.8, 4) is 0 Å². The standard InChI is InChI=1S/C11H14ClFN2O2/c1-11(2,3)17-10(16)15-14-7-4-5-8(12)9(13)6-7/h4-6,14H,1-3H3,(H,15,16). The minimum absolute atomic E-state index is 0.0211. The average Bonchev–Trinajstić information content (AvgIpc) is 2.17. The van der Waals surface area contributed by atoms with Gasteiger partial charge in [0.05, 0.1) is 10.7 Å². The van der Waals surface area contributed by atoms with Crippen LogP contribution in [0.1, 0.15) is 20.8 Å². The minimum Gasteiger partial charge on any atom is -0.443 e. The van der Waals surface area contributed by atoms with Crippen LogP contribution >= 0.6 is 11.6 Å². The number of halogens is 2. The zero-order valence-corrected chi connectivity index (χ0v) is 10.6. The molecule has 0 radical (unpaired) electrons. The van der Waals surface area contributed by atoms with Gasteiger partial charge >= 0.3 is 6.09 Å². The molecular formula is C11H14ClFN2O2. The molecule has 94 valence electrons. The zero-order chi connectivity index (χ0) is 13.1. The lowest BCUT2D eigenvalue weighted by atomic mass is 10.2. The highest BCUT2D eigenvalue weighted by Gasteiger charge is 2.15. The van der Waals surface area contributed by atoms with E-state index in [0.717, 1.165) is 0 Å². The van der Waals surface area contributed by atoms with Crippen LogP contribution in [0.5, 0.6) is 0 Å². The first-order valence-electron chi connectivity index (χ1n) is 4.98. The molecule has 0 aliphatic heterocycles. The number of ether oxygens (including phenoxy) is 1. The molecule has 17 heavy (non-hydrogen) atoms. The molecule has 0 bridgehead atoms. The molecule has 1 amide bonds. The van der Waals surface area contributed by atoms with E-state index < -0.39 is 17.5 Å².